The first-order valence-corrected chi connectivity index (χ1v) is 7.71. The lowest BCUT2D eigenvalue weighted by Gasteiger charge is -2.31. The van der Waals surface area contributed by atoms with Crippen molar-refractivity contribution >= 4 is 33.1 Å². The predicted molar refractivity (Wildman–Crippen MR) is 86.4 cm³/mol. The molecule has 0 aliphatic rings. The molecule has 4 N–H and O–H groups in total. The van der Waals surface area contributed by atoms with Crippen LogP contribution in [0.3, 0.4) is 0 Å². The zero-order valence-electron chi connectivity index (χ0n) is 12.5. The summed E-state index contributed by atoms with van der Waals surface area (Å²) in [6.45, 7) is 6.13. The number of nitrogens with one attached hydrogen (secondary N) is 1. The topological polar surface area (TPSA) is 88.2 Å². The third-order valence-corrected chi connectivity index (χ3v) is 4.62. The molecule has 6 heteroatoms. The van der Waals surface area contributed by atoms with Gasteiger partial charge in [-0.3, -0.25) is 9.78 Å². The van der Waals surface area contributed by atoms with Crippen LogP contribution in [-0.4, -0.2) is 28.6 Å². The van der Waals surface area contributed by atoms with E-state index in [9.17, 15) is 4.79 Å². The maximum atomic E-state index is 12.5. The predicted octanol–water partition coefficient (Wildman–Crippen LogP) is 2.41. The van der Waals surface area contributed by atoms with Crippen molar-refractivity contribution in [1.82, 2.24) is 10.3 Å². The van der Waals surface area contributed by atoms with Crippen LogP contribution in [0.4, 0.5) is 5.69 Å². The molecule has 21 heavy (non-hydrogen) atoms. The molecule has 2 aromatic rings. The van der Waals surface area contributed by atoms with E-state index in [1.54, 1.807) is 6.20 Å². The third-order valence-electron chi connectivity index (χ3n) is 3.46. The lowest BCUT2D eigenvalue weighted by molar-refractivity contribution is 0.0890. The normalized spacial score (nSPS) is 13.3. The molecule has 0 aliphatic carbocycles. The van der Waals surface area contributed by atoms with Crippen LogP contribution in [0, 0.1) is 5.41 Å². The highest BCUT2D eigenvalue weighted by Crippen LogP contribution is 2.32. The molecule has 0 aromatic carbocycles. The largest absolute Gasteiger partial charge is 0.396 e. The fraction of sp³-hybridized carbons (Fsp3) is 0.467. The summed E-state index contributed by atoms with van der Waals surface area (Å²) in [6.07, 6.45) is 2.18. The second-order valence-electron chi connectivity index (χ2n) is 6.10. The summed E-state index contributed by atoms with van der Waals surface area (Å²) < 4.78 is 0.898. The Labute approximate surface area is 128 Å². The van der Waals surface area contributed by atoms with Crippen LogP contribution in [0.15, 0.2) is 18.3 Å². The molecule has 0 aliphatic heterocycles. The average molecular weight is 307 g/mol. The van der Waals surface area contributed by atoms with Crippen molar-refractivity contribution in [2.45, 2.75) is 33.2 Å². The number of fused-ring (bicyclic) bond motifs is 1. The zero-order chi connectivity index (χ0) is 15.6. The van der Waals surface area contributed by atoms with E-state index in [2.05, 4.69) is 10.3 Å². The van der Waals surface area contributed by atoms with Gasteiger partial charge in [0, 0.05) is 18.8 Å². The number of thiophene rings is 1. The first-order valence-electron chi connectivity index (χ1n) is 6.89. The zero-order valence-corrected chi connectivity index (χ0v) is 13.3. The van der Waals surface area contributed by atoms with Gasteiger partial charge in [0.25, 0.3) is 5.91 Å². The van der Waals surface area contributed by atoms with Gasteiger partial charge in [-0.2, -0.15) is 0 Å². The summed E-state index contributed by atoms with van der Waals surface area (Å²) in [5.41, 5.74) is 6.99. The molecule has 0 fully saturated rings. The number of pyridine rings is 1. The molecule has 0 saturated carbocycles. The fourth-order valence-electron chi connectivity index (χ4n) is 2.19. The molecule has 1 unspecified atom stereocenters. The highest BCUT2D eigenvalue weighted by Gasteiger charge is 2.27. The van der Waals surface area contributed by atoms with Crippen LogP contribution in [0.25, 0.3) is 10.2 Å². The number of hydrogen-bond acceptors (Lipinski definition) is 5. The van der Waals surface area contributed by atoms with E-state index in [0.29, 0.717) is 22.5 Å². The number of amides is 1. The summed E-state index contributed by atoms with van der Waals surface area (Å²) in [5.74, 6) is -0.205. The number of rotatable bonds is 4. The molecular weight excluding hydrogens is 286 g/mol. The summed E-state index contributed by atoms with van der Waals surface area (Å²) in [4.78, 5) is 17.2. The first kappa shape index (κ1) is 15.7. The molecule has 1 atom stereocenters. The minimum absolute atomic E-state index is 0.0334. The molecule has 0 spiro atoms. The van der Waals surface area contributed by atoms with Gasteiger partial charge in [-0.25, -0.2) is 0 Å². The number of aliphatic hydroxyl groups excluding tert-OH is 1. The number of aliphatic hydroxyl groups is 1. The van der Waals surface area contributed by atoms with Crippen molar-refractivity contribution in [3.8, 4) is 0 Å². The number of hydrogen-bond donors (Lipinski definition) is 3. The molecule has 0 bridgehead atoms. The van der Waals surface area contributed by atoms with E-state index < -0.39 is 0 Å². The molecular formula is C15H21N3O2S. The molecule has 1 amide bonds. The molecule has 0 saturated heterocycles. The summed E-state index contributed by atoms with van der Waals surface area (Å²) in [6, 6.07) is 3.60. The Hall–Kier alpha value is -1.66. The second-order valence-corrected chi connectivity index (χ2v) is 7.15. The average Bonchev–Trinajstić information content (AvgIpc) is 2.75. The number of aromatic nitrogens is 1. The van der Waals surface area contributed by atoms with Crippen LogP contribution in [-0.2, 0) is 0 Å². The molecule has 2 rings (SSSR count). The number of carbonyl (C=O) groups is 1. The van der Waals surface area contributed by atoms with E-state index in [1.807, 2.05) is 32.9 Å². The number of nitrogens with two attached hydrogens (primary N) is 1. The fourth-order valence-corrected chi connectivity index (χ4v) is 3.18. The molecule has 2 aromatic heterocycles. The van der Waals surface area contributed by atoms with Crippen molar-refractivity contribution in [2.75, 3.05) is 12.3 Å². The Kier molecular flexibility index (Phi) is 4.49. The third kappa shape index (κ3) is 3.33. The number of carbonyl (C=O) groups excluding carboxylic acids is 1. The Bertz CT molecular complexity index is 646. The molecule has 5 nitrogen and oxygen atoms in total. The summed E-state index contributed by atoms with van der Waals surface area (Å²) in [7, 11) is 0. The first-order chi connectivity index (χ1) is 9.84. The van der Waals surface area contributed by atoms with Crippen molar-refractivity contribution in [1.29, 1.82) is 0 Å². The summed E-state index contributed by atoms with van der Waals surface area (Å²) >= 11 is 1.34. The lowest BCUT2D eigenvalue weighted by Crippen LogP contribution is -2.44. The van der Waals surface area contributed by atoms with E-state index in [1.165, 1.54) is 11.3 Å². The number of anilines is 1. The van der Waals surface area contributed by atoms with Gasteiger partial charge in [0.2, 0.25) is 0 Å². The quantitative estimate of drug-likeness (QED) is 0.809. The Morgan fingerprint density at radius 3 is 2.81 bits per heavy atom. The van der Waals surface area contributed by atoms with Gasteiger partial charge in [0.1, 0.15) is 10.4 Å². The van der Waals surface area contributed by atoms with E-state index >= 15 is 0 Å². The van der Waals surface area contributed by atoms with Crippen molar-refractivity contribution in [3.63, 3.8) is 0 Å². The highest BCUT2D eigenvalue weighted by atomic mass is 32.1. The summed E-state index contributed by atoms with van der Waals surface area (Å²) in [5, 5.41) is 12.1. The van der Waals surface area contributed by atoms with Crippen LogP contribution >= 0.6 is 11.3 Å². The van der Waals surface area contributed by atoms with Gasteiger partial charge in [-0.1, -0.05) is 20.8 Å². The van der Waals surface area contributed by atoms with Gasteiger partial charge in [-0.05, 0) is 24.0 Å². The minimum Gasteiger partial charge on any atom is -0.396 e. The monoisotopic (exact) mass is 307 g/mol. The van der Waals surface area contributed by atoms with Crippen LogP contribution < -0.4 is 11.1 Å². The highest BCUT2D eigenvalue weighted by molar-refractivity contribution is 7.21. The Morgan fingerprint density at radius 1 is 1.52 bits per heavy atom. The number of nitrogens with zero attached hydrogens (tertiary/aromatic N) is 1. The van der Waals surface area contributed by atoms with Gasteiger partial charge in [-0.15, -0.1) is 11.3 Å². The molecule has 114 valence electrons. The Balaban J connectivity index is 2.27. The second kappa shape index (κ2) is 5.99. The van der Waals surface area contributed by atoms with E-state index in [-0.39, 0.29) is 24.0 Å². The lowest BCUT2D eigenvalue weighted by atomic mass is 9.85. The standard InChI is InChI=1S/C15H21N3O2S/c1-15(2,3)10(6-8-19)18-14(20)13-11(16)12-9(21-13)5-4-7-17-12/h4-5,7,10,19H,6,8,16H2,1-3H3,(H,18,20). The van der Waals surface area contributed by atoms with Gasteiger partial charge >= 0.3 is 0 Å². The smallest absolute Gasteiger partial charge is 0.263 e. The van der Waals surface area contributed by atoms with E-state index in [4.69, 9.17) is 10.8 Å². The maximum absolute atomic E-state index is 12.5. The minimum atomic E-state index is -0.205. The molecule has 2 heterocycles. The van der Waals surface area contributed by atoms with Crippen LogP contribution in [0.5, 0.6) is 0 Å². The number of nitrogen functional groups attached to an aromatic ring is 1. The molecule has 0 radical (unpaired) electrons. The van der Waals surface area contributed by atoms with Gasteiger partial charge in [0.05, 0.1) is 10.4 Å². The van der Waals surface area contributed by atoms with Crippen molar-refractivity contribution < 1.29 is 9.90 Å². The maximum Gasteiger partial charge on any atom is 0.263 e. The van der Waals surface area contributed by atoms with Gasteiger partial charge in [0.15, 0.2) is 0 Å². The van der Waals surface area contributed by atoms with E-state index in [0.717, 1.165) is 4.70 Å². The van der Waals surface area contributed by atoms with Crippen LogP contribution in [0.2, 0.25) is 0 Å². The van der Waals surface area contributed by atoms with Crippen LogP contribution in [0.1, 0.15) is 36.9 Å². The van der Waals surface area contributed by atoms with Crippen molar-refractivity contribution in [2.24, 2.45) is 5.41 Å². The Morgan fingerprint density at radius 2 is 2.24 bits per heavy atom. The SMILES string of the molecule is CC(C)(C)C(CCO)NC(=O)c1sc2cccnc2c1N. The van der Waals surface area contributed by atoms with Gasteiger partial charge < -0.3 is 16.2 Å². The van der Waals surface area contributed by atoms with Crippen molar-refractivity contribution in [3.05, 3.63) is 23.2 Å².